The Hall–Kier alpha value is -4.14. The number of fused-ring (bicyclic) bond motifs is 1. The number of anilines is 1. The number of nitrogens with one attached hydrogen (secondary N) is 1. The highest BCUT2D eigenvalue weighted by atomic mass is 16.5. The lowest BCUT2D eigenvalue weighted by molar-refractivity contribution is -0.144. The van der Waals surface area contributed by atoms with Crippen LogP contribution in [0.3, 0.4) is 0 Å². The van der Waals surface area contributed by atoms with Gasteiger partial charge in [0.05, 0.1) is 11.1 Å². The molecule has 0 bridgehead atoms. The molecule has 1 unspecified atom stereocenters. The van der Waals surface area contributed by atoms with Gasteiger partial charge in [0.15, 0.2) is 5.78 Å². The van der Waals surface area contributed by atoms with Gasteiger partial charge in [-0.25, -0.2) is 4.79 Å². The van der Waals surface area contributed by atoms with Crippen LogP contribution in [-0.4, -0.2) is 40.8 Å². The molecule has 1 aromatic heterocycles. The summed E-state index contributed by atoms with van der Waals surface area (Å²) in [6.07, 6.45) is 1.25. The molecule has 2 heterocycles. The number of rotatable bonds is 7. The number of amides is 1. The fourth-order valence-corrected chi connectivity index (χ4v) is 5.16. The molecular weight excluding hydrogens is 496 g/mol. The Kier molecular flexibility index (Phi) is 7.41. The first kappa shape index (κ1) is 26.5. The molecule has 1 aliphatic rings. The van der Waals surface area contributed by atoms with Crippen LogP contribution in [0.1, 0.15) is 41.4 Å². The Bertz CT molecular complexity index is 1570. The zero-order valence-electron chi connectivity index (χ0n) is 21.9. The lowest BCUT2D eigenvalue weighted by atomic mass is 9.77. The fraction of sp³-hybridized carbons (Fsp3) is 0.290. The van der Waals surface area contributed by atoms with Gasteiger partial charge in [0.1, 0.15) is 5.60 Å². The van der Waals surface area contributed by atoms with Crippen molar-refractivity contribution in [1.29, 1.82) is 0 Å². The average molecular weight is 527 g/mol. The zero-order chi connectivity index (χ0) is 27.6. The predicted molar refractivity (Wildman–Crippen MR) is 148 cm³/mol. The molecule has 1 aliphatic heterocycles. The van der Waals surface area contributed by atoms with Crippen molar-refractivity contribution in [1.82, 2.24) is 5.16 Å². The number of Topliss-reactive ketones (excluding diaryl/α,β-unsaturated/α-hetero) is 1. The van der Waals surface area contributed by atoms with Crippen molar-refractivity contribution in [3.8, 4) is 11.1 Å². The number of hydrogen-bond acceptors (Lipinski definition) is 7. The van der Waals surface area contributed by atoms with Gasteiger partial charge in [-0.15, -0.1) is 0 Å². The maximum absolute atomic E-state index is 13.7. The Balaban J connectivity index is 1.40. The highest BCUT2D eigenvalue weighted by Gasteiger charge is 2.44. The Labute approximate surface area is 225 Å². The molecule has 8 heteroatoms. The van der Waals surface area contributed by atoms with E-state index >= 15 is 0 Å². The van der Waals surface area contributed by atoms with E-state index in [2.05, 4.69) is 10.5 Å². The third kappa shape index (κ3) is 5.53. The second kappa shape index (κ2) is 10.9. The molecule has 1 amide bonds. The first-order valence-electron chi connectivity index (χ1n) is 13.0. The Morgan fingerprint density at radius 1 is 0.974 bits per heavy atom. The van der Waals surface area contributed by atoms with Crippen LogP contribution in [0.5, 0.6) is 0 Å². The number of aliphatic hydroxyl groups is 1. The molecule has 0 radical (unpaired) electrons. The molecule has 8 nitrogen and oxygen atoms in total. The van der Waals surface area contributed by atoms with E-state index in [-0.39, 0.29) is 18.1 Å². The van der Waals surface area contributed by atoms with E-state index < -0.39 is 17.1 Å². The normalized spacial score (nSPS) is 15.6. The first-order chi connectivity index (χ1) is 18.7. The summed E-state index contributed by atoms with van der Waals surface area (Å²) in [7, 11) is 0. The Morgan fingerprint density at radius 3 is 2.26 bits per heavy atom. The maximum Gasteiger partial charge on any atom is 0.366 e. The molecule has 5 rings (SSSR count). The van der Waals surface area contributed by atoms with Gasteiger partial charge in [-0.05, 0) is 61.6 Å². The molecule has 39 heavy (non-hydrogen) atoms. The summed E-state index contributed by atoms with van der Waals surface area (Å²) in [5, 5.41) is 19.5. The van der Waals surface area contributed by atoms with Gasteiger partial charge in [0.25, 0.3) is 5.91 Å². The van der Waals surface area contributed by atoms with Crippen LogP contribution in [0.2, 0.25) is 0 Å². The van der Waals surface area contributed by atoms with Crippen LogP contribution in [0.25, 0.3) is 21.9 Å². The standard InChI is InChI=1S/C31H30N2O6/c1-19-28-17-26(11-12-27(28)29(35)39-33-19)32-30(36)31(37,25-13-15-38-16-14-25)18-21-3-5-23(6-4-21)24-9-7-22(8-10-24)20(2)34/h3-12,17,25,37H,13-16,18H2,1-2H3,(H,32,36). The first-order valence-corrected chi connectivity index (χ1v) is 13.0. The van der Waals surface area contributed by atoms with Gasteiger partial charge in [0, 0.05) is 42.2 Å². The molecule has 2 N–H and O–H groups in total. The molecule has 3 aromatic carbocycles. The van der Waals surface area contributed by atoms with Crippen LogP contribution in [-0.2, 0) is 16.0 Å². The van der Waals surface area contributed by atoms with Gasteiger partial charge in [-0.1, -0.05) is 53.7 Å². The molecule has 1 saturated heterocycles. The molecule has 0 saturated carbocycles. The van der Waals surface area contributed by atoms with Crippen LogP contribution in [0.15, 0.2) is 76.0 Å². The monoisotopic (exact) mass is 526 g/mol. The van der Waals surface area contributed by atoms with Gasteiger partial charge < -0.3 is 19.7 Å². The topological polar surface area (TPSA) is 119 Å². The minimum absolute atomic E-state index is 0.0173. The lowest BCUT2D eigenvalue weighted by Crippen LogP contribution is -2.52. The summed E-state index contributed by atoms with van der Waals surface area (Å²) < 4.78 is 10.3. The SMILES string of the molecule is CC(=O)c1ccc(-c2ccc(CC(O)(C(=O)Nc3ccc4c(=O)onc(C)c4c3)C3CCOCC3)cc2)cc1. The van der Waals surface area contributed by atoms with Crippen molar-refractivity contribution >= 4 is 28.2 Å². The zero-order valence-corrected chi connectivity index (χ0v) is 21.9. The van der Waals surface area contributed by atoms with E-state index in [4.69, 9.17) is 9.26 Å². The number of carbonyl (C=O) groups excluding carboxylic acids is 2. The van der Waals surface area contributed by atoms with E-state index in [9.17, 15) is 19.5 Å². The highest BCUT2D eigenvalue weighted by Crippen LogP contribution is 2.33. The number of ketones is 1. The van der Waals surface area contributed by atoms with Crippen molar-refractivity contribution in [3.63, 3.8) is 0 Å². The summed E-state index contributed by atoms with van der Waals surface area (Å²) in [5.74, 6) is -0.782. The second-order valence-corrected chi connectivity index (χ2v) is 10.1. The minimum Gasteiger partial charge on any atom is -0.381 e. The summed E-state index contributed by atoms with van der Waals surface area (Å²) in [6.45, 7) is 4.21. The molecule has 4 aromatic rings. The molecule has 1 fully saturated rings. The molecular formula is C31H30N2O6. The fourth-order valence-electron chi connectivity index (χ4n) is 5.16. The van der Waals surface area contributed by atoms with Gasteiger partial charge in [-0.3, -0.25) is 9.59 Å². The number of aryl methyl sites for hydroxylation is 1. The maximum atomic E-state index is 13.7. The second-order valence-electron chi connectivity index (χ2n) is 10.1. The van der Waals surface area contributed by atoms with Crippen LogP contribution in [0.4, 0.5) is 5.69 Å². The highest BCUT2D eigenvalue weighted by molar-refractivity contribution is 5.99. The molecule has 0 aliphatic carbocycles. The van der Waals surface area contributed by atoms with E-state index in [1.165, 1.54) is 6.92 Å². The van der Waals surface area contributed by atoms with E-state index in [1.54, 1.807) is 37.3 Å². The predicted octanol–water partition coefficient (Wildman–Crippen LogP) is 4.70. The number of nitrogens with zero attached hydrogens (tertiary/aromatic N) is 1. The minimum atomic E-state index is -1.67. The smallest absolute Gasteiger partial charge is 0.366 e. The van der Waals surface area contributed by atoms with Crippen molar-refractivity contribution < 1.29 is 24.0 Å². The number of carbonyl (C=O) groups is 2. The number of hydrogen-bond donors (Lipinski definition) is 2. The summed E-state index contributed by atoms with van der Waals surface area (Å²) in [5.41, 5.74) is 2.17. The van der Waals surface area contributed by atoms with Crippen LogP contribution in [0, 0.1) is 12.8 Å². The van der Waals surface area contributed by atoms with Gasteiger partial charge in [-0.2, -0.15) is 0 Å². The third-order valence-corrected chi connectivity index (χ3v) is 7.49. The molecule has 0 spiro atoms. The van der Waals surface area contributed by atoms with Crippen LogP contribution < -0.4 is 10.9 Å². The van der Waals surface area contributed by atoms with Crippen molar-refractivity contribution in [3.05, 3.63) is 94.0 Å². The van der Waals surface area contributed by atoms with Crippen molar-refractivity contribution in [2.24, 2.45) is 5.92 Å². The third-order valence-electron chi connectivity index (χ3n) is 7.49. The molecule has 200 valence electrons. The number of benzene rings is 3. The quantitative estimate of drug-likeness (QED) is 0.335. The van der Waals surface area contributed by atoms with E-state index in [0.29, 0.717) is 53.8 Å². The van der Waals surface area contributed by atoms with Crippen molar-refractivity contribution in [2.45, 2.75) is 38.7 Å². The number of aromatic nitrogens is 1. The summed E-state index contributed by atoms with van der Waals surface area (Å²) in [4.78, 5) is 37.3. The lowest BCUT2D eigenvalue weighted by Gasteiger charge is -2.37. The van der Waals surface area contributed by atoms with E-state index in [1.807, 2.05) is 36.4 Å². The largest absolute Gasteiger partial charge is 0.381 e. The van der Waals surface area contributed by atoms with E-state index in [0.717, 1.165) is 16.7 Å². The average Bonchev–Trinajstić information content (AvgIpc) is 2.96. The number of ether oxygens (including phenoxy) is 1. The molecule has 1 atom stereocenters. The summed E-state index contributed by atoms with van der Waals surface area (Å²) >= 11 is 0. The van der Waals surface area contributed by atoms with Crippen LogP contribution >= 0.6 is 0 Å². The van der Waals surface area contributed by atoms with Crippen molar-refractivity contribution in [2.75, 3.05) is 18.5 Å². The van der Waals surface area contributed by atoms with Gasteiger partial charge in [0.2, 0.25) is 0 Å². The summed E-state index contributed by atoms with van der Waals surface area (Å²) in [6, 6.07) is 20.0. The van der Waals surface area contributed by atoms with Gasteiger partial charge >= 0.3 is 5.63 Å². The Morgan fingerprint density at radius 2 is 1.62 bits per heavy atom.